The van der Waals surface area contributed by atoms with Gasteiger partial charge in [-0.1, -0.05) is 6.58 Å². The molecule has 0 spiro atoms. The van der Waals surface area contributed by atoms with Gasteiger partial charge in [-0.25, -0.2) is 9.59 Å². The predicted octanol–water partition coefficient (Wildman–Crippen LogP) is 1.35. The van der Waals surface area contributed by atoms with Crippen LogP contribution in [-0.2, 0) is 19.1 Å². The van der Waals surface area contributed by atoms with Crippen molar-refractivity contribution in [2.24, 2.45) is 0 Å². The van der Waals surface area contributed by atoms with Gasteiger partial charge in [0.2, 0.25) is 5.60 Å². The first-order valence-electron chi connectivity index (χ1n) is 4.33. The van der Waals surface area contributed by atoms with Gasteiger partial charge in [-0.15, -0.1) is 0 Å². The lowest BCUT2D eigenvalue weighted by Gasteiger charge is -2.20. The second-order valence-electron chi connectivity index (χ2n) is 3.48. The second kappa shape index (κ2) is 3.80. The van der Waals surface area contributed by atoms with Crippen molar-refractivity contribution in [1.82, 2.24) is 0 Å². The van der Waals surface area contributed by atoms with Gasteiger partial charge in [-0.3, -0.25) is 0 Å². The molecule has 1 atom stereocenters. The van der Waals surface area contributed by atoms with Crippen LogP contribution in [0, 0.1) is 0 Å². The van der Waals surface area contributed by atoms with Crippen LogP contribution in [0.25, 0.3) is 0 Å². The van der Waals surface area contributed by atoms with E-state index in [1.807, 2.05) is 0 Å². The van der Waals surface area contributed by atoms with Crippen LogP contribution >= 0.6 is 0 Å². The second-order valence-corrected chi connectivity index (χ2v) is 3.48. The van der Waals surface area contributed by atoms with Crippen molar-refractivity contribution in [1.29, 1.82) is 0 Å². The summed E-state index contributed by atoms with van der Waals surface area (Å²) in [6.07, 6.45) is -4.83. The molecular formula is C9H9F3O4. The van der Waals surface area contributed by atoms with Crippen LogP contribution in [0.3, 0.4) is 0 Å². The molecule has 0 aromatic rings. The molecule has 0 aromatic heterocycles. The molecule has 0 aromatic carbocycles. The van der Waals surface area contributed by atoms with Crippen LogP contribution in [0.1, 0.15) is 13.3 Å². The summed E-state index contributed by atoms with van der Waals surface area (Å²) in [4.78, 5) is 22.1. The van der Waals surface area contributed by atoms with Gasteiger partial charge in [-0.2, -0.15) is 13.2 Å². The van der Waals surface area contributed by atoms with E-state index < -0.39 is 29.3 Å². The zero-order valence-electron chi connectivity index (χ0n) is 8.39. The molecule has 0 saturated carbocycles. The van der Waals surface area contributed by atoms with Crippen molar-refractivity contribution >= 4 is 11.9 Å². The molecule has 0 bridgehead atoms. The number of halogens is 3. The van der Waals surface area contributed by atoms with Gasteiger partial charge in [0.15, 0.2) is 0 Å². The van der Waals surface area contributed by atoms with Crippen molar-refractivity contribution in [3.63, 3.8) is 0 Å². The smallest absolute Gasteiger partial charge is 0.422 e. The lowest BCUT2D eigenvalue weighted by molar-refractivity contribution is -0.173. The average molecular weight is 238 g/mol. The molecule has 1 fully saturated rings. The quantitative estimate of drug-likeness (QED) is 0.538. The fraction of sp³-hybridized carbons (Fsp3) is 0.556. The van der Waals surface area contributed by atoms with Crippen molar-refractivity contribution in [3.8, 4) is 0 Å². The Morgan fingerprint density at radius 2 is 2.12 bits per heavy atom. The molecule has 1 aliphatic rings. The van der Waals surface area contributed by atoms with Crippen molar-refractivity contribution in [2.75, 3.05) is 6.61 Å². The number of cyclic esters (lactones) is 1. The third-order valence-corrected chi connectivity index (χ3v) is 2.15. The monoisotopic (exact) mass is 238 g/mol. The van der Waals surface area contributed by atoms with Crippen LogP contribution in [0.4, 0.5) is 13.2 Å². The Labute approximate surface area is 89.0 Å². The topological polar surface area (TPSA) is 52.6 Å². The van der Waals surface area contributed by atoms with Gasteiger partial charge in [0.25, 0.3) is 0 Å². The van der Waals surface area contributed by atoms with Gasteiger partial charge in [0.05, 0.1) is 6.61 Å². The summed E-state index contributed by atoms with van der Waals surface area (Å²) in [5, 5.41) is 0. The lowest BCUT2D eigenvalue weighted by Crippen LogP contribution is -2.38. The molecule has 1 unspecified atom stereocenters. The zero-order chi connectivity index (χ0) is 12.6. The molecule has 0 amide bonds. The van der Waals surface area contributed by atoms with Crippen molar-refractivity contribution in [2.45, 2.75) is 25.1 Å². The molecule has 7 heteroatoms. The van der Waals surface area contributed by atoms with Gasteiger partial charge in [0, 0.05) is 6.42 Å². The van der Waals surface area contributed by atoms with E-state index in [1.54, 1.807) is 0 Å². The van der Waals surface area contributed by atoms with E-state index in [2.05, 4.69) is 16.1 Å². The maximum Gasteiger partial charge on any atom is 0.422 e. The molecule has 1 saturated heterocycles. The minimum absolute atomic E-state index is 0.0150. The highest BCUT2D eigenvalue weighted by atomic mass is 19.4. The first-order valence-corrected chi connectivity index (χ1v) is 4.33. The molecular weight excluding hydrogens is 229 g/mol. The number of ether oxygens (including phenoxy) is 2. The molecule has 0 aliphatic carbocycles. The Hall–Kier alpha value is -1.53. The summed E-state index contributed by atoms with van der Waals surface area (Å²) >= 11 is 0. The number of alkyl halides is 3. The Bertz CT molecular complexity index is 347. The Kier molecular flexibility index (Phi) is 2.98. The summed E-state index contributed by atoms with van der Waals surface area (Å²) in [7, 11) is 0. The molecule has 1 heterocycles. The van der Waals surface area contributed by atoms with E-state index in [0.717, 1.165) is 0 Å². The van der Waals surface area contributed by atoms with Crippen molar-refractivity contribution in [3.05, 3.63) is 12.2 Å². The number of esters is 2. The van der Waals surface area contributed by atoms with E-state index in [-0.39, 0.29) is 13.0 Å². The van der Waals surface area contributed by atoms with E-state index in [1.165, 1.54) is 6.92 Å². The normalized spacial score (nSPS) is 25.1. The molecule has 0 radical (unpaired) electrons. The Balaban J connectivity index is 2.72. The first kappa shape index (κ1) is 12.5. The predicted molar refractivity (Wildman–Crippen MR) is 45.3 cm³/mol. The third kappa shape index (κ3) is 2.34. The highest BCUT2D eigenvalue weighted by Gasteiger charge is 2.47. The van der Waals surface area contributed by atoms with Crippen LogP contribution in [0.15, 0.2) is 12.2 Å². The number of carbonyl (C=O) groups is 2. The minimum atomic E-state index is -4.87. The van der Waals surface area contributed by atoms with E-state index in [9.17, 15) is 22.8 Å². The largest absolute Gasteiger partial charge is 0.463 e. The van der Waals surface area contributed by atoms with E-state index >= 15 is 0 Å². The van der Waals surface area contributed by atoms with E-state index in [0.29, 0.717) is 0 Å². The summed E-state index contributed by atoms with van der Waals surface area (Å²) in [5.41, 5.74) is -3.29. The number of hydrogen-bond acceptors (Lipinski definition) is 4. The van der Waals surface area contributed by atoms with Crippen LogP contribution < -0.4 is 0 Å². The summed E-state index contributed by atoms with van der Waals surface area (Å²) in [5.74, 6) is -2.51. The highest BCUT2D eigenvalue weighted by molar-refractivity contribution is 5.92. The maximum atomic E-state index is 12.1. The molecule has 1 rings (SSSR count). The molecule has 0 N–H and O–H groups in total. The Morgan fingerprint density at radius 1 is 1.56 bits per heavy atom. The number of carbonyl (C=O) groups excluding carboxylic acids is 2. The van der Waals surface area contributed by atoms with Gasteiger partial charge in [0.1, 0.15) is 5.57 Å². The maximum absolute atomic E-state index is 12.1. The summed E-state index contributed by atoms with van der Waals surface area (Å²) in [6, 6.07) is 0. The Morgan fingerprint density at radius 3 is 2.50 bits per heavy atom. The third-order valence-electron chi connectivity index (χ3n) is 2.15. The number of hydrogen-bond donors (Lipinski definition) is 0. The summed E-state index contributed by atoms with van der Waals surface area (Å²) < 4.78 is 45.2. The lowest BCUT2D eigenvalue weighted by atomic mass is 10.1. The SMILES string of the molecule is C=C(C(=O)OC1(C)CCOC1=O)C(F)(F)F. The zero-order valence-corrected chi connectivity index (χ0v) is 8.39. The highest BCUT2D eigenvalue weighted by Crippen LogP contribution is 2.29. The molecule has 90 valence electrons. The molecule has 4 nitrogen and oxygen atoms in total. The van der Waals surface area contributed by atoms with Crippen molar-refractivity contribution < 1.29 is 32.2 Å². The number of rotatable bonds is 2. The fourth-order valence-corrected chi connectivity index (χ4v) is 1.07. The fourth-order valence-electron chi connectivity index (χ4n) is 1.07. The average Bonchev–Trinajstić information content (AvgIpc) is 2.44. The van der Waals surface area contributed by atoms with Gasteiger partial charge >= 0.3 is 18.1 Å². The first-order chi connectivity index (χ1) is 7.17. The summed E-state index contributed by atoms with van der Waals surface area (Å²) in [6.45, 7) is 3.79. The van der Waals surface area contributed by atoms with Crippen LogP contribution in [-0.4, -0.2) is 30.3 Å². The van der Waals surface area contributed by atoms with Crippen LogP contribution in [0.5, 0.6) is 0 Å². The van der Waals surface area contributed by atoms with E-state index in [4.69, 9.17) is 0 Å². The molecule has 16 heavy (non-hydrogen) atoms. The van der Waals surface area contributed by atoms with Crippen LogP contribution in [0.2, 0.25) is 0 Å². The standard InChI is InChI=1S/C9H9F3O4/c1-5(9(10,11)12)6(13)16-8(2)3-4-15-7(8)14/h1,3-4H2,2H3. The van der Waals surface area contributed by atoms with Gasteiger partial charge < -0.3 is 9.47 Å². The minimum Gasteiger partial charge on any atom is -0.463 e. The van der Waals surface area contributed by atoms with Gasteiger partial charge in [-0.05, 0) is 6.92 Å². The molecule has 1 aliphatic heterocycles.